The number of carbonyl (C=O) groups excluding carboxylic acids is 1. The molecule has 1 amide bonds. The van der Waals surface area contributed by atoms with Crippen LogP contribution in [-0.4, -0.2) is 32.7 Å². The molecule has 0 atom stereocenters. The molecule has 0 aliphatic heterocycles. The number of aromatic nitrogens is 4. The summed E-state index contributed by atoms with van der Waals surface area (Å²) >= 11 is 0. The minimum atomic E-state index is -0.321. The lowest BCUT2D eigenvalue weighted by atomic mass is 9.97. The summed E-state index contributed by atoms with van der Waals surface area (Å²) in [7, 11) is 0. The van der Waals surface area contributed by atoms with Gasteiger partial charge >= 0.3 is 0 Å². The smallest absolute Gasteiger partial charge is 0.243 e. The lowest BCUT2D eigenvalue weighted by Gasteiger charge is -2.12. The molecule has 1 aromatic heterocycles. The summed E-state index contributed by atoms with van der Waals surface area (Å²) in [6, 6.07) is 5.83. The van der Waals surface area contributed by atoms with E-state index in [9.17, 15) is 9.18 Å². The Bertz CT molecular complexity index is 723. The van der Waals surface area contributed by atoms with E-state index in [0.29, 0.717) is 17.9 Å². The van der Waals surface area contributed by atoms with Gasteiger partial charge in [-0.05, 0) is 61.6 Å². The molecule has 2 aromatic rings. The Balaban J connectivity index is 1.48. The maximum Gasteiger partial charge on any atom is 0.243 e. The van der Waals surface area contributed by atoms with Gasteiger partial charge in [0.2, 0.25) is 11.7 Å². The van der Waals surface area contributed by atoms with Gasteiger partial charge in [-0.25, -0.2) is 4.39 Å². The monoisotopic (exact) mass is 329 g/mol. The fourth-order valence-corrected chi connectivity index (χ4v) is 2.70. The summed E-state index contributed by atoms with van der Waals surface area (Å²) in [6.07, 6.45) is 7.99. The molecule has 1 aliphatic rings. The van der Waals surface area contributed by atoms with E-state index in [2.05, 4.69) is 26.8 Å². The average molecular weight is 329 g/mol. The quantitative estimate of drug-likeness (QED) is 0.827. The maximum absolute atomic E-state index is 12.9. The van der Waals surface area contributed by atoms with E-state index in [1.807, 2.05) is 0 Å². The van der Waals surface area contributed by atoms with Crippen molar-refractivity contribution >= 4 is 5.91 Å². The Morgan fingerprint density at radius 3 is 2.83 bits per heavy atom. The first-order chi connectivity index (χ1) is 11.7. The third-order valence-electron chi connectivity index (χ3n) is 3.99. The summed E-state index contributed by atoms with van der Waals surface area (Å²) in [5.74, 6) is -0.0942. The third kappa shape index (κ3) is 4.47. The first kappa shape index (κ1) is 16.3. The number of amides is 1. The van der Waals surface area contributed by atoms with Crippen molar-refractivity contribution in [2.75, 3.05) is 6.54 Å². The Kier molecular flexibility index (Phi) is 5.30. The van der Waals surface area contributed by atoms with E-state index in [1.54, 1.807) is 12.1 Å². The van der Waals surface area contributed by atoms with E-state index in [4.69, 9.17) is 0 Å². The number of halogens is 1. The molecule has 0 fully saturated rings. The van der Waals surface area contributed by atoms with Gasteiger partial charge in [0, 0.05) is 12.1 Å². The molecule has 0 bridgehead atoms. The number of hydrogen-bond donors (Lipinski definition) is 1. The Labute approximate surface area is 139 Å². The van der Waals surface area contributed by atoms with Crippen molar-refractivity contribution in [3.8, 4) is 11.4 Å². The summed E-state index contributed by atoms with van der Waals surface area (Å²) in [5, 5.41) is 14.8. The van der Waals surface area contributed by atoms with Crippen LogP contribution in [0, 0.1) is 5.82 Å². The number of nitrogens with one attached hydrogen (secondary N) is 1. The van der Waals surface area contributed by atoms with Crippen LogP contribution in [0.15, 0.2) is 35.9 Å². The topological polar surface area (TPSA) is 72.7 Å². The molecule has 1 heterocycles. The van der Waals surface area contributed by atoms with Crippen molar-refractivity contribution in [3.05, 3.63) is 41.7 Å². The van der Waals surface area contributed by atoms with Crippen molar-refractivity contribution in [2.45, 2.75) is 38.6 Å². The van der Waals surface area contributed by atoms with Gasteiger partial charge in [-0.15, -0.1) is 10.2 Å². The van der Waals surface area contributed by atoms with Gasteiger partial charge < -0.3 is 5.32 Å². The molecular weight excluding hydrogens is 309 g/mol. The molecule has 24 heavy (non-hydrogen) atoms. The normalized spacial score (nSPS) is 14.3. The van der Waals surface area contributed by atoms with Crippen molar-refractivity contribution < 1.29 is 9.18 Å². The maximum atomic E-state index is 12.9. The summed E-state index contributed by atoms with van der Waals surface area (Å²) in [5.41, 5.74) is 2.09. The second-order valence-electron chi connectivity index (χ2n) is 5.86. The zero-order valence-corrected chi connectivity index (χ0v) is 13.4. The lowest BCUT2D eigenvalue weighted by Crippen LogP contribution is -2.29. The van der Waals surface area contributed by atoms with Crippen LogP contribution in [0.25, 0.3) is 11.4 Å². The van der Waals surface area contributed by atoms with Crippen LogP contribution in [0.5, 0.6) is 0 Å². The van der Waals surface area contributed by atoms with E-state index >= 15 is 0 Å². The molecule has 0 spiro atoms. The molecule has 0 saturated heterocycles. The van der Waals surface area contributed by atoms with Gasteiger partial charge in [-0.1, -0.05) is 11.6 Å². The van der Waals surface area contributed by atoms with E-state index in [1.165, 1.54) is 35.3 Å². The second-order valence-corrected chi connectivity index (χ2v) is 5.86. The Hall–Kier alpha value is -2.57. The van der Waals surface area contributed by atoms with E-state index in [-0.39, 0.29) is 18.3 Å². The zero-order valence-electron chi connectivity index (χ0n) is 13.4. The van der Waals surface area contributed by atoms with Crippen LogP contribution in [0.4, 0.5) is 4.39 Å². The van der Waals surface area contributed by atoms with Crippen LogP contribution in [0.3, 0.4) is 0 Å². The minimum absolute atomic E-state index is 0.0211. The van der Waals surface area contributed by atoms with E-state index < -0.39 is 0 Å². The minimum Gasteiger partial charge on any atom is -0.354 e. The fourth-order valence-electron chi connectivity index (χ4n) is 2.70. The first-order valence-electron chi connectivity index (χ1n) is 8.19. The molecule has 126 valence electrons. The number of carbonyl (C=O) groups is 1. The van der Waals surface area contributed by atoms with Crippen molar-refractivity contribution in [2.24, 2.45) is 0 Å². The third-order valence-corrected chi connectivity index (χ3v) is 3.99. The number of benzene rings is 1. The summed E-state index contributed by atoms with van der Waals surface area (Å²) < 4.78 is 12.9. The number of tetrazole rings is 1. The molecule has 0 saturated carbocycles. The largest absolute Gasteiger partial charge is 0.354 e. The van der Waals surface area contributed by atoms with Crippen LogP contribution >= 0.6 is 0 Å². The van der Waals surface area contributed by atoms with Crippen molar-refractivity contribution in [1.29, 1.82) is 0 Å². The van der Waals surface area contributed by atoms with Crippen LogP contribution < -0.4 is 5.32 Å². The predicted octanol–water partition coefficient (Wildman–Crippen LogP) is 2.49. The molecule has 1 N–H and O–H groups in total. The number of hydrogen-bond acceptors (Lipinski definition) is 4. The van der Waals surface area contributed by atoms with Crippen molar-refractivity contribution in [3.63, 3.8) is 0 Å². The first-order valence-corrected chi connectivity index (χ1v) is 8.19. The molecule has 1 aliphatic carbocycles. The summed E-state index contributed by atoms with van der Waals surface area (Å²) in [4.78, 5) is 13.2. The highest BCUT2D eigenvalue weighted by Crippen LogP contribution is 2.19. The average Bonchev–Trinajstić information content (AvgIpc) is 3.05. The summed E-state index contributed by atoms with van der Waals surface area (Å²) in [6.45, 7) is 0.650. The number of nitrogens with zero attached hydrogens (tertiary/aromatic N) is 4. The molecule has 0 unspecified atom stereocenters. The molecule has 1 aromatic carbocycles. The fraction of sp³-hybridized carbons (Fsp3) is 0.412. The van der Waals surface area contributed by atoms with Gasteiger partial charge in [0.1, 0.15) is 12.4 Å². The van der Waals surface area contributed by atoms with Crippen LogP contribution in [0.1, 0.15) is 32.1 Å². The molecule has 3 rings (SSSR count). The van der Waals surface area contributed by atoms with Gasteiger partial charge in [0.25, 0.3) is 0 Å². The van der Waals surface area contributed by atoms with Gasteiger partial charge in [0.15, 0.2) is 0 Å². The Morgan fingerprint density at radius 2 is 2.08 bits per heavy atom. The van der Waals surface area contributed by atoms with E-state index in [0.717, 1.165) is 19.3 Å². The molecule has 6 nitrogen and oxygen atoms in total. The van der Waals surface area contributed by atoms with Gasteiger partial charge in [-0.3, -0.25) is 4.79 Å². The standard InChI is InChI=1S/C17H20FN5O/c18-15-8-6-14(7-9-15)17-20-22-23(21-17)12-16(24)19-11-10-13-4-2-1-3-5-13/h4,6-9H,1-3,5,10-12H2,(H,19,24). The number of allylic oxidation sites excluding steroid dienone is 1. The van der Waals surface area contributed by atoms with Crippen LogP contribution in [0.2, 0.25) is 0 Å². The zero-order chi connectivity index (χ0) is 16.8. The molecule has 0 radical (unpaired) electrons. The van der Waals surface area contributed by atoms with Gasteiger partial charge in [0.05, 0.1) is 0 Å². The predicted molar refractivity (Wildman–Crippen MR) is 87.4 cm³/mol. The van der Waals surface area contributed by atoms with Gasteiger partial charge in [-0.2, -0.15) is 4.80 Å². The highest BCUT2D eigenvalue weighted by molar-refractivity contribution is 5.75. The number of rotatable bonds is 6. The van der Waals surface area contributed by atoms with Crippen molar-refractivity contribution in [1.82, 2.24) is 25.5 Å². The Morgan fingerprint density at radius 1 is 1.25 bits per heavy atom. The SMILES string of the molecule is O=C(Cn1nnc(-c2ccc(F)cc2)n1)NCCC1=CCCCC1. The second kappa shape index (κ2) is 7.81. The van der Waals surface area contributed by atoms with Crippen LogP contribution in [-0.2, 0) is 11.3 Å². The lowest BCUT2D eigenvalue weighted by molar-refractivity contribution is -0.122. The highest BCUT2D eigenvalue weighted by atomic mass is 19.1. The molecule has 7 heteroatoms. The highest BCUT2D eigenvalue weighted by Gasteiger charge is 2.10. The molecular formula is C17H20FN5O.